The van der Waals surface area contributed by atoms with Gasteiger partial charge in [0, 0.05) is 11.1 Å². The van der Waals surface area contributed by atoms with Crippen LogP contribution < -0.4 is 0 Å². The predicted octanol–water partition coefficient (Wildman–Crippen LogP) is 2.49. The van der Waals surface area contributed by atoms with E-state index in [-0.39, 0.29) is 17.0 Å². The zero-order valence-corrected chi connectivity index (χ0v) is 10.1. The molecule has 5 heteroatoms. The Kier molecular flexibility index (Phi) is 3.66. The Balaban J connectivity index is 2.52. The van der Waals surface area contributed by atoms with E-state index in [1.54, 1.807) is 12.1 Å². The average molecular weight is 259 g/mol. The molecule has 0 aliphatic heterocycles. The van der Waals surface area contributed by atoms with Crippen molar-refractivity contribution >= 4 is 12.3 Å². The first-order chi connectivity index (χ1) is 9.15. The van der Waals surface area contributed by atoms with Gasteiger partial charge in [-0.3, -0.25) is 4.79 Å². The highest BCUT2D eigenvalue weighted by atomic mass is 19.1. The number of benzene rings is 1. The number of ether oxygens (including phenoxy) is 1. The van der Waals surface area contributed by atoms with Crippen LogP contribution in [0.15, 0.2) is 36.4 Å². The SMILES string of the molecule is COC(=O)c1cccc(-c2cc(C=O)ccc2F)n1. The van der Waals surface area contributed by atoms with Crippen molar-refractivity contribution in [3.05, 3.63) is 53.5 Å². The maximum Gasteiger partial charge on any atom is 0.356 e. The summed E-state index contributed by atoms with van der Waals surface area (Å²) in [6.07, 6.45) is 0.618. The Morgan fingerprint density at radius 1 is 1.32 bits per heavy atom. The minimum atomic E-state index is -0.603. The molecule has 0 amide bonds. The van der Waals surface area contributed by atoms with Gasteiger partial charge in [-0.2, -0.15) is 0 Å². The van der Waals surface area contributed by atoms with Crippen LogP contribution in [-0.4, -0.2) is 24.3 Å². The summed E-state index contributed by atoms with van der Waals surface area (Å²) in [4.78, 5) is 26.1. The van der Waals surface area contributed by atoms with Gasteiger partial charge in [0.15, 0.2) is 0 Å². The topological polar surface area (TPSA) is 56.3 Å². The summed E-state index contributed by atoms with van der Waals surface area (Å²) in [7, 11) is 1.24. The predicted molar refractivity (Wildman–Crippen MR) is 66.4 cm³/mol. The van der Waals surface area contributed by atoms with Gasteiger partial charge in [0.2, 0.25) is 0 Å². The molecule has 0 bridgehead atoms. The lowest BCUT2D eigenvalue weighted by Gasteiger charge is -2.05. The van der Waals surface area contributed by atoms with Gasteiger partial charge in [-0.05, 0) is 30.3 Å². The van der Waals surface area contributed by atoms with Gasteiger partial charge in [0.05, 0.1) is 12.8 Å². The van der Waals surface area contributed by atoms with E-state index in [1.807, 2.05) is 0 Å². The highest BCUT2D eigenvalue weighted by molar-refractivity contribution is 5.88. The van der Waals surface area contributed by atoms with E-state index in [9.17, 15) is 14.0 Å². The van der Waals surface area contributed by atoms with Gasteiger partial charge in [-0.25, -0.2) is 14.2 Å². The molecule has 0 radical (unpaired) electrons. The quantitative estimate of drug-likeness (QED) is 0.627. The summed E-state index contributed by atoms with van der Waals surface area (Å²) in [6.45, 7) is 0. The van der Waals surface area contributed by atoms with Crippen LogP contribution in [0.25, 0.3) is 11.3 Å². The molecule has 0 unspecified atom stereocenters. The summed E-state index contributed by atoms with van der Waals surface area (Å²) in [5.41, 5.74) is 0.844. The number of hydrogen-bond acceptors (Lipinski definition) is 4. The zero-order chi connectivity index (χ0) is 13.8. The second-order valence-corrected chi connectivity index (χ2v) is 3.76. The number of aromatic nitrogens is 1. The molecule has 1 heterocycles. The van der Waals surface area contributed by atoms with Crippen LogP contribution in [0.3, 0.4) is 0 Å². The van der Waals surface area contributed by atoms with Gasteiger partial charge < -0.3 is 4.74 Å². The first kappa shape index (κ1) is 12.9. The molecule has 0 atom stereocenters. The van der Waals surface area contributed by atoms with Crippen LogP contribution in [0.2, 0.25) is 0 Å². The lowest BCUT2D eigenvalue weighted by Crippen LogP contribution is -2.04. The molecular weight excluding hydrogens is 249 g/mol. The van der Waals surface area contributed by atoms with E-state index < -0.39 is 11.8 Å². The highest BCUT2D eigenvalue weighted by Crippen LogP contribution is 2.22. The Labute approximate surface area is 108 Å². The second kappa shape index (κ2) is 5.39. The Morgan fingerprint density at radius 2 is 2.11 bits per heavy atom. The van der Waals surface area contributed by atoms with Crippen molar-refractivity contribution in [3.63, 3.8) is 0 Å². The third kappa shape index (κ3) is 2.65. The summed E-state index contributed by atoms with van der Waals surface area (Å²) in [6, 6.07) is 8.53. The second-order valence-electron chi connectivity index (χ2n) is 3.76. The molecule has 2 aromatic rings. The zero-order valence-electron chi connectivity index (χ0n) is 10.1. The first-order valence-electron chi connectivity index (χ1n) is 5.46. The molecule has 19 heavy (non-hydrogen) atoms. The first-order valence-corrected chi connectivity index (χ1v) is 5.46. The van der Waals surface area contributed by atoms with Crippen LogP contribution in [0, 0.1) is 5.82 Å². The van der Waals surface area contributed by atoms with E-state index in [4.69, 9.17) is 0 Å². The molecule has 0 saturated heterocycles. The molecule has 4 nitrogen and oxygen atoms in total. The molecule has 0 N–H and O–H groups in total. The van der Waals surface area contributed by atoms with Gasteiger partial charge >= 0.3 is 5.97 Å². The number of methoxy groups -OCH3 is 1. The van der Waals surface area contributed by atoms with Crippen molar-refractivity contribution in [3.8, 4) is 11.3 Å². The Hall–Kier alpha value is -2.56. The monoisotopic (exact) mass is 259 g/mol. The van der Waals surface area contributed by atoms with E-state index in [0.717, 1.165) is 0 Å². The summed E-state index contributed by atoms with van der Waals surface area (Å²) in [5.74, 6) is -1.12. The number of hydrogen-bond donors (Lipinski definition) is 0. The maximum atomic E-state index is 13.7. The Morgan fingerprint density at radius 3 is 2.79 bits per heavy atom. The van der Waals surface area contributed by atoms with Crippen LogP contribution in [0.4, 0.5) is 4.39 Å². The molecule has 96 valence electrons. The lowest BCUT2D eigenvalue weighted by molar-refractivity contribution is 0.0594. The van der Waals surface area contributed by atoms with Crippen molar-refractivity contribution < 1.29 is 18.7 Å². The normalized spacial score (nSPS) is 10.0. The molecule has 1 aromatic carbocycles. The molecule has 1 aromatic heterocycles. The fourth-order valence-corrected chi connectivity index (χ4v) is 1.62. The summed E-state index contributed by atoms with van der Waals surface area (Å²) >= 11 is 0. The molecular formula is C14H10FNO3. The molecule has 2 rings (SSSR count). The summed E-state index contributed by atoms with van der Waals surface area (Å²) < 4.78 is 18.3. The number of carbonyl (C=O) groups excluding carboxylic acids is 2. The van der Waals surface area contributed by atoms with Crippen molar-refractivity contribution in [2.24, 2.45) is 0 Å². The summed E-state index contributed by atoms with van der Waals surface area (Å²) in [5, 5.41) is 0. The number of halogens is 1. The fraction of sp³-hybridized carbons (Fsp3) is 0.0714. The molecule has 0 aliphatic carbocycles. The van der Waals surface area contributed by atoms with Crippen LogP contribution >= 0.6 is 0 Å². The number of aldehydes is 1. The number of rotatable bonds is 3. The van der Waals surface area contributed by atoms with E-state index in [0.29, 0.717) is 11.8 Å². The van der Waals surface area contributed by atoms with Crippen LogP contribution in [0.1, 0.15) is 20.8 Å². The molecule has 0 aliphatic rings. The smallest absolute Gasteiger partial charge is 0.356 e. The largest absolute Gasteiger partial charge is 0.464 e. The van der Waals surface area contributed by atoms with Crippen molar-refractivity contribution in [1.82, 2.24) is 4.98 Å². The molecule has 0 saturated carbocycles. The average Bonchev–Trinajstić information content (AvgIpc) is 2.47. The minimum Gasteiger partial charge on any atom is -0.464 e. The third-order valence-corrected chi connectivity index (χ3v) is 2.55. The maximum absolute atomic E-state index is 13.7. The van der Waals surface area contributed by atoms with Crippen LogP contribution in [-0.2, 0) is 4.74 Å². The fourth-order valence-electron chi connectivity index (χ4n) is 1.62. The number of pyridine rings is 1. The van der Waals surface area contributed by atoms with Crippen molar-refractivity contribution in [2.45, 2.75) is 0 Å². The van der Waals surface area contributed by atoms with Crippen molar-refractivity contribution in [1.29, 1.82) is 0 Å². The van der Waals surface area contributed by atoms with Crippen molar-refractivity contribution in [2.75, 3.05) is 7.11 Å². The van der Waals surface area contributed by atoms with E-state index >= 15 is 0 Å². The van der Waals surface area contributed by atoms with Crippen LogP contribution in [0.5, 0.6) is 0 Å². The van der Waals surface area contributed by atoms with E-state index in [1.165, 1.54) is 31.4 Å². The standard InChI is InChI=1S/C14H10FNO3/c1-19-14(18)13-4-2-3-12(16-13)10-7-9(8-17)5-6-11(10)15/h2-8H,1H3. The molecule has 0 fully saturated rings. The van der Waals surface area contributed by atoms with Gasteiger partial charge in [-0.15, -0.1) is 0 Å². The van der Waals surface area contributed by atoms with E-state index in [2.05, 4.69) is 9.72 Å². The van der Waals surface area contributed by atoms with Gasteiger partial charge in [0.25, 0.3) is 0 Å². The van der Waals surface area contributed by atoms with Gasteiger partial charge in [-0.1, -0.05) is 6.07 Å². The Bertz CT molecular complexity index is 640. The highest BCUT2D eigenvalue weighted by Gasteiger charge is 2.11. The number of esters is 1. The minimum absolute atomic E-state index is 0.0795. The third-order valence-electron chi connectivity index (χ3n) is 2.55. The van der Waals surface area contributed by atoms with Gasteiger partial charge in [0.1, 0.15) is 17.8 Å². The number of nitrogens with zero attached hydrogens (tertiary/aromatic N) is 1. The molecule has 0 spiro atoms. The lowest BCUT2D eigenvalue weighted by atomic mass is 10.1. The number of carbonyl (C=O) groups is 2.